The number of ether oxygens (including phenoxy) is 1. The minimum absolute atomic E-state index is 0.0826. The van der Waals surface area contributed by atoms with Crippen LogP contribution in [0.2, 0.25) is 0 Å². The molecule has 0 aliphatic carbocycles. The molecule has 0 radical (unpaired) electrons. The summed E-state index contributed by atoms with van der Waals surface area (Å²) >= 11 is 0. The van der Waals surface area contributed by atoms with E-state index < -0.39 is 0 Å². The SMILES string of the molecule is CCn1cc(CC(=O)c2ccc(OC)nn2)cn1. The van der Waals surface area contributed by atoms with Crippen LogP contribution in [0.5, 0.6) is 5.88 Å². The molecular weight excluding hydrogens is 232 g/mol. The number of carbonyl (C=O) groups is 1. The fraction of sp³-hybridized carbons (Fsp3) is 0.333. The number of nitrogens with zero attached hydrogens (tertiary/aromatic N) is 4. The number of rotatable bonds is 5. The van der Waals surface area contributed by atoms with Crippen LogP contribution in [0, 0.1) is 0 Å². The van der Waals surface area contributed by atoms with Crippen molar-refractivity contribution in [2.45, 2.75) is 19.9 Å². The van der Waals surface area contributed by atoms with Crippen LogP contribution in [0.1, 0.15) is 23.0 Å². The third kappa shape index (κ3) is 2.71. The number of carbonyl (C=O) groups excluding carboxylic acids is 1. The lowest BCUT2D eigenvalue weighted by Gasteiger charge is -1.99. The predicted octanol–water partition coefficient (Wildman–Crippen LogP) is 1.13. The van der Waals surface area contributed by atoms with Crippen molar-refractivity contribution >= 4 is 5.78 Å². The molecule has 0 spiro atoms. The van der Waals surface area contributed by atoms with Crippen LogP contribution in [0.4, 0.5) is 0 Å². The molecule has 6 heteroatoms. The van der Waals surface area contributed by atoms with Crippen molar-refractivity contribution in [1.29, 1.82) is 0 Å². The summed E-state index contributed by atoms with van der Waals surface area (Å²) in [5, 5.41) is 11.7. The molecule has 6 nitrogen and oxygen atoms in total. The van der Waals surface area contributed by atoms with Gasteiger partial charge < -0.3 is 4.74 Å². The Balaban J connectivity index is 2.06. The first kappa shape index (κ1) is 12.2. The molecule has 0 bridgehead atoms. The highest BCUT2D eigenvalue weighted by molar-refractivity contribution is 5.95. The second kappa shape index (κ2) is 5.39. The zero-order valence-electron chi connectivity index (χ0n) is 10.3. The Kier molecular flexibility index (Phi) is 3.66. The van der Waals surface area contributed by atoms with Gasteiger partial charge in [0.05, 0.1) is 13.3 Å². The average Bonchev–Trinajstić information content (AvgIpc) is 2.86. The first-order chi connectivity index (χ1) is 8.72. The summed E-state index contributed by atoms with van der Waals surface area (Å²) in [4.78, 5) is 11.9. The Bertz CT molecular complexity index is 533. The molecule has 0 amide bonds. The third-order valence-electron chi connectivity index (χ3n) is 2.51. The van der Waals surface area contributed by atoms with Crippen LogP contribution in [-0.2, 0) is 13.0 Å². The Morgan fingerprint density at radius 2 is 2.22 bits per heavy atom. The van der Waals surface area contributed by atoms with Crippen LogP contribution < -0.4 is 4.74 Å². The smallest absolute Gasteiger partial charge is 0.233 e. The summed E-state index contributed by atoms with van der Waals surface area (Å²) in [6.07, 6.45) is 3.83. The molecule has 0 saturated carbocycles. The predicted molar refractivity (Wildman–Crippen MR) is 64.5 cm³/mol. The standard InChI is InChI=1S/C12H14N4O2/c1-3-16-8-9(7-13-16)6-11(17)10-4-5-12(18-2)15-14-10/h4-5,7-8H,3,6H2,1-2H3. The Morgan fingerprint density at radius 1 is 1.39 bits per heavy atom. The summed E-state index contributed by atoms with van der Waals surface area (Å²) in [5.74, 6) is 0.311. The molecule has 2 aromatic rings. The fourth-order valence-electron chi connectivity index (χ4n) is 1.52. The molecule has 0 aliphatic rings. The van der Waals surface area contributed by atoms with Crippen molar-refractivity contribution in [2.75, 3.05) is 7.11 Å². The average molecular weight is 246 g/mol. The highest BCUT2D eigenvalue weighted by atomic mass is 16.5. The molecule has 2 rings (SSSR count). The van der Waals surface area contributed by atoms with E-state index in [1.54, 1.807) is 23.0 Å². The topological polar surface area (TPSA) is 69.9 Å². The van der Waals surface area contributed by atoms with Crippen molar-refractivity contribution in [3.8, 4) is 5.88 Å². The van der Waals surface area contributed by atoms with Crippen molar-refractivity contribution in [2.24, 2.45) is 0 Å². The van der Waals surface area contributed by atoms with Gasteiger partial charge in [-0.2, -0.15) is 5.10 Å². The van der Waals surface area contributed by atoms with Gasteiger partial charge in [0, 0.05) is 25.2 Å². The maximum atomic E-state index is 11.9. The lowest BCUT2D eigenvalue weighted by Crippen LogP contribution is -2.07. The van der Waals surface area contributed by atoms with Crippen LogP contribution in [-0.4, -0.2) is 32.9 Å². The van der Waals surface area contributed by atoms with Crippen molar-refractivity contribution in [1.82, 2.24) is 20.0 Å². The lowest BCUT2D eigenvalue weighted by molar-refractivity contribution is 0.0987. The molecule has 0 saturated heterocycles. The van der Waals surface area contributed by atoms with E-state index in [2.05, 4.69) is 15.3 Å². The minimum Gasteiger partial charge on any atom is -0.480 e. The number of Topliss-reactive ketones (excluding diaryl/α,β-unsaturated/α-hetero) is 1. The molecular formula is C12H14N4O2. The Labute approximate surface area is 105 Å². The number of aryl methyl sites for hydroxylation is 1. The zero-order valence-corrected chi connectivity index (χ0v) is 10.3. The van der Waals surface area contributed by atoms with E-state index in [0.717, 1.165) is 12.1 Å². The molecule has 18 heavy (non-hydrogen) atoms. The normalized spacial score (nSPS) is 10.3. The molecule has 0 N–H and O–H groups in total. The van der Waals surface area contributed by atoms with E-state index in [0.29, 0.717) is 11.6 Å². The fourth-order valence-corrected chi connectivity index (χ4v) is 1.52. The monoisotopic (exact) mass is 246 g/mol. The molecule has 2 aromatic heterocycles. The molecule has 0 aliphatic heterocycles. The summed E-state index contributed by atoms with van der Waals surface area (Å²) in [5.41, 5.74) is 1.21. The quantitative estimate of drug-likeness (QED) is 0.739. The van der Waals surface area contributed by atoms with Gasteiger partial charge in [-0.1, -0.05) is 0 Å². The largest absolute Gasteiger partial charge is 0.480 e. The summed E-state index contributed by atoms with van der Waals surface area (Å²) < 4.78 is 6.67. The summed E-state index contributed by atoms with van der Waals surface area (Å²) in [7, 11) is 1.50. The van der Waals surface area contributed by atoms with Crippen LogP contribution in [0.15, 0.2) is 24.5 Å². The maximum Gasteiger partial charge on any atom is 0.233 e. The van der Waals surface area contributed by atoms with Gasteiger partial charge in [0.1, 0.15) is 5.69 Å². The second-order valence-corrected chi connectivity index (χ2v) is 3.77. The van der Waals surface area contributed by atoms with Crippen molar-refractivity contribution < 1.29 is 9.53 Å². The summed E-state index contributed by atoms with van der Waals surface area (Å²) in [6.45, 7) is 2.78. The van der Waals surface area contributed by atoms with Gasteiger partial charge in [-0.05, 0) is 18.6 Å². The highest BCUT2D eigenvalue weighted by Gasteiger charge is 2.10. The Morgan fingerprint density at radius 3 is 2.78 bits per heavy atom. The molecule has 0 atom stereocenters. The van der Waals surface area contributed by atoms with Gasteiger partial charge in [-0.15, -0.1) is 10.2 Å². The highest BCUT2D eigenvalue weighted by Crippen LogP contribution is 2.07. The first-order valence-corrected chi connectivity index (χ1v) is 5.65. The molecule has 0 unspecified atom stereocenters. The van der Waals surface area contributed by atoms with Gasteiger partial charge in [0.2, 0.25) is 5.88 Å². The van der Waals surface area contributed by atoms with E-state index in [9.17, 15) is 4.79 Å². The molecule has 0 fully saturated rings. The number of aromatic nitrogens is 4. The van der Waals surface area contributed by atoms with Crippen molar-refractivity contribution in [3.63, 3.8) is 0 Å². The number of methoxy groups -OCH3 is 1. The maximum absolute atomic E-state index is 11.9. The number of hydrogen-bond donors (Lipinski definition) is 0. The van der Waals surface area contributed by atoms with Gasteiger partial charge in [-0.3, -0.25) is 9.48 Å². The minimum atomic E-state index is -0.0826. The van der Waals surface area contributed by atoms with Crippen molar-refractivity contribution in [3.05, 3.63) is 35.8 Å². The molecule has 2 heterocycles. The van der Waals surface area contributed by atoms with Crippen LogP contribution in [0.25, 0.3) is 0 Å². The number of hydrogen-bond acceptors (Lipinski definition) is 5. The van der Waals surface area contributed by atoms with Crippen LogP contribution in [0.3, 0.4) is 0 Å². The molecule has 94 valence electrons. The number of ketones is 1. The van der Waals surface area contributed by atoms with E-state index in [1.165, 1.54) is 7.11 Å². The zero-order chi connectivity index (χ0) is 13.0. The van der Waals surface area contributed by atoms with Crippen LogP contribution >= 0.6 is 0 Å². The second-order valence-electron chi connectivity index (χ2n) is 3.77. The van der Waals surface area contributed by atoms with Gasteiger partial charge in [0.15, 0.2) is 5.78 Å². The van der Waals surface area contributed by atoms with Gasteiger partial charge in [-0.25, -0.2) is 0 Å². The van der Waals surface area contributed by atoms with E-state index in [-0.39, 0.29) is 12.2 Å². The van der Waals surface area contributed by atoms with E-state index in [4.69, 9.17) is 4.74 Å². The third-order valence-corrected chi connectivity index (χ3v) is 2.51. The first-order valence-electron chi connectivity index (χ1n) is 5.65. The lowest BCUT2D eigenvalue weighted by atomic mass is 10.1. The van der Waals surface area contributed by atoms with E-state index >= 15 is 0 Å². The van der Waals surface area contributed by atoms with Gasteiger partial charge >= 0.3 is 0 Å². The molecule has 0 aromatic carbocycles. The Hall–Kier alpha value is -2.24. The van der Waals surface area contributed by atoms with Gasteiger partial charge in [0.25, 0.3) is 0 Å². The summed E-state index contributed by atoms with van der Waals surface area (Å²) in [6, 6.07) is 3.23. The van der Waals surface area contributed by atoms with E-state index in [1.807, 2.05) is 13.1 Å².